The van der Waals surface area contributed by atoms with Gasteiger partial charge in [0.05, 0.1) is 6.61 Å². The van der Waals surface area contributed by atoms with Gasteiger partial charge in [0.15, 0.2) is 0 Å². The van der Waals surface area contributed by atoms with Gasteiger partial charge in [-0.25, -0.2) is 0 Å². The molecule has 1 aliphatic rings. The number of hydrogen-bond donors (Lipinski definition) is 1. The summed E-state index contributed by atoms with van der Waals surface area (Å²) in [6, 6.07) is 15.1. The number of halogens is 1. The highest BCUT2D eigenvalue weighted by molar-refractivity contribution is 14.1. The number of nitrogens with two attached hydrogens (primary N) is 1. The van der Waals surface area contributed by atoms with Crippen molar-refractivity contribution in [1.29, 1.82) is 0 Å². The summed E-state index contributed by atoms with van der Waals surface area (Å²) in [5.41, 5.74) is 10.2. The van der Waals surface area contributed by atoms with Crippen molar-refractivity contribution >= 4 is 22.6 Å². The Morgan fingerprint density at radius 2 is 2.10 bits per heavy atom. The van der Waals surface area contributed by atoms with Gasteiger partial charge in [0, 0.05) is 16.0 Å². The van der Waals surface area contributed by atoms with Crippen LogP contribution in [0.3, 0.4) is 0 Å². The van der Waals surface area contributed by atoms with E-state index in [1.807, 2.05) is 0 Å². The largest absolute Gasteiger partial charge is 0.493 e. The molecular weight excluding hydrogens is 361 g/mol. The number of fused-ring (bicyclic) bond motifs is 1. The van der Waals surface area contributed by atoms with Crippen LogP contribution in [-0.2, 0) is 12.8 Å². The highest BCUT2D eigenvalue weighted by atomic mass is 127. The van der Waals surface area contributed by atoms with Crippen molar-refractivity contribution < 1.29 is 4.74 Å². The van der Waals surface area contributed by atoms with E-state index in [2.05, 4.69) is 65.1 Å². The second-order valence-electron chi connectivity index (χ2n) is 5.24. The van der Waals surface area contributed by atoms with Gasteiger partial charge in [0.2, 0.25) is 0 Å². The number of hydrogen-bond acceptors (Lipinski definition) is 2. The molecular formula is C17H18INO. The summed E-state index contributed by atoms with van der Waals surface area (Å²) in [4.78, 5) is 0. The van der Waals surface area contributed by atoms with Crippen LogP contribution in [0.4, 0.5) is 0 Å². The molecule has 0 aromatic heterocycles. The predicted molar refractivity (Wildman–Crippen MR) is 90.0 cm³/mol. The molecule has 3 heteroatoms. The van der Waals surface area contributed by atoms with Gasteiger partial charge < -0.3 is 10.5 Å². The van der Waals surface area contributed by atoms with Crippen LogP contribution in [0.15, 0.2) is 42.5 Å². The van der Waals surface area contributed by atoms with Crippen LogP contribution < -0.4 is 10.5 Å². The molecule has 2 aromatic carbocycles. The van der Waals surface area contributed by atoms with E-state index in [0.29, 0.717) is 0 Å². The number of rotatable bonds is 4. The standard InChI is InChI=1S/C17H18INO/c18-15-3-1-2-13(11-15)16(19)6-4-12-5-7-17-14(10-12)8-9-20-17/h1-3,5,7,10-11,16H,4,6,8-9,19H2. The lowest BCUT2D eigenvalue weighted by molar-refractivity contribution is 0.357. The van der Waals surface area contributed by atoms with Crippen LogP contribution in [0.25, 0.3) is 0 Å². The van der Waals surface area contributed by atoms with E-state index >= 15 is 0 Å². The second kappa shape index (κ2) is 6.14. The van der Waals surface area contributed by atoms with Crippen molar-refractivity contribution in [1.82, 2.24) is 0 Å². The first-order valence-electron chi connectivity index (χ1n) is 6.98. The first kappa shape index (κ1) is 13.9. The zero-order chi connectivity index (χ0) is 13.9. The number of ether oxygens (including phenoxy) is 1. The van der Waals surface area contributed by atoms with Crippen LogP contribution >= 0.6 is 22.6 Å². The van der Waals surface area contributed by atoms with Crippen molar-refractivity contribution in [2.24, 2.45) is 5.73 Å². The molecule has 2 nitrogen and oxygen atoms in total. The average molecular weight is 379 g/mol. The van der Waals surface area contributed by atoms with E-state index in [4.69, 9.17) is 10.5 Å². The summed E-state index contributed by atoms with van der Waals surface area (Å²) >= 11 is 2.33. The van der Waals surface area contributed by atoms with E-state index < -0.39 is 0 Å². The summed E-state index contributed by atoms with van der Waals surface area (Å²) in [6.07, 6.45) is 3.02. The smallest absolute Gasteiger partial charge is 0.122 e. The Hall–Kier alpha value is -1.07. The van der Waals surface area contributed by atoms with Crippen LogP contribution in [0.2, 0.25) is 0 Å². The molecule has 1 aliphatic heterocycles. The lowest BCUT2D eigenvalue weighted by atomic mass is 9.98. The van der Waals surface area contributed by atoms with Gasteiger partial charge in [-0.15, -0.1) is 0 Å². The van der Waals surface area contributed by atoms with E-state index in [9.17, 15) is 0 Å². The molecule has 1 heterocycles. The van der Waals surface area contributed by atoms with E-state index in [0.717, 1.165) is 31.6 Å². The summed E-state index contributed by atoms with van der Waals surface area (Å²) < 4.78 is 6.78. The minimum Gasteiger partial charge on any atom is -0.493 e. The van der Waals surface area contributed by atoms with Gasteiger partial charge in [-0.2, -0.15) is 0 Å². The van der Waals surface area contributed by atoms with Crippen LogP contribution in [-0.4, -0.2) is 6.61 Å². The van der Waals surface area contributed by atoms with Gasteiger partial charge in [0.1, 0.15) is 5.75 Å². The fraction of sp³-hybridized carbons (Fsp3) is 0.294. The van der Waals surface area contributed by atoms with Crippen molar-refractivity contribution in [2.45, 2.75) is 25.3 Å². The Morgan fingerprint density at radius 3 is 2.95 bits per heavy atom. The van der Waals surface area contributed by atoms with Gasteiger partial charge in [-0.1, -0.05) is 24.3 Å². The third kappa shape index (κ3) is 3.15. The quantitative estimate of drug-likeness (QED) is 0.819. The Kier molecular flexibility index (Phi) is 4.27. The van der Waals surface area contributed by atoms with Crippen molar-refractivity contribution in [3.8, 4) is 5.75 Å². The molecule has 3 rings (SSSR count). The van der Waals surface area contributed by atoms with Crippen molar-refractivity contribution in [2.75, 3.05) is 6.61 Å². The molecule has 2 N–H and O–H groups in total. The normalized spacial score (nSPS) is 14.7. The van der Waals surface area contributed by atoms with Crippen molar-refractivity contribution in [3.63, 3.8) is 0 Å². The Balaban J connectivity index is 1.64. The van der Waals surface area contributed by atoms with Gasteiger partial charge in [-0.3, -0.25) is 0 Å². The zero-order valence-electron chi connectivity index (χ0n) is 11.3. The third-order valence-corrected chi connectivity index (χ3v) is 4.45. The highest BCUT2D eigenvalue weighted by Gasteiger charge is 2.13. The maximum atomic E-state index is 6.30. The van der Waals surface area contributed by atoms with Crippen LogP contribution in [0, 0.1) is 3.57 Å². The second-order valence-corrected chi connectivity index (χ2v) is 6.49. The van der Waals surface area contributed by atoms with Gasteiger partial charge in [0.25, 0.3) is 0 Å². The molecule has 104 valence electrons. The Labute approximate surface area is 133 Å². The minimum absolute atomic E-state index is 0.106. The maximum absolute atomic E-state index is 6.30. The van der Waals surface area contributed by atoms with E-state index in [-0.39, 0.29) is 6.04 Å². The molecule has 0 radical (unpaired) electrons. The summed E-state index contributed by atoms with van der Waals surface area (Å²) in [5.74, 6) is 1.05. The number of aryl methyl sites for hydroxylation is 1. The van der Waals surface area contributed by atoms with Gasteiger partial charge in [-0.05, 0) is 70.3 Å². The molecule has 2 aromatic rings. The fourth-order valence-corrected chi connectivity index (χ4v) is 3.19. The predicted octanol–water partition coefficient (Wildman–Crippen LogP) is 3.86. The topological polar surface area (TPSA) is 35.2 Å². The summed E-state index contributed by atoms with van der Waals surface area (Å²) in [7, 11) is 0. The van der Waals surface area contributed by atoms with E-state index in [1.54, 1.807) is 0 Å². The first-order chi connectivity index (χ1) is 9.72. The van der Waals surface area contributed by atoms with Crippen molar-refractivity contribution in [3.05, 3.63) is 62.7 Å². The highest BCUT2D eigenvalue weighted by Crippen LogP contribution is 2.27. The molecule has 0 bridgehead atoms. The SMILES string of the molecule is NC(CCc1ccc2c(c1)CCO2)c1cccc(I)c1. The van der Waals surface area contributed by atoms with E-state index in [1.165, 1.54) is 20.3 Å². The summed E-state index contributed by atoms with van der Waals surface area (Å²) in [5, 5.41) is 0. The molecule has 0 saturated carbocycles. The fourth-order valence-electron chi connectivity index (χ4n) is 2.62. The average Bonchev–Trinajstić information content (AvgIpc) is 2.92. The monoisotopic (exact) mass is 379 g/mol. The lowest BCUT2D eigenvalue weighted by Gasteiger charge is -2.13. The molecule has 1 atom stereocenters. The third-order valence-electron chi connectivity index (χ3n) is 3.77. The first-order valence-corrected chi connectivity index (χ1v) is 8.06. The Morgan fingerprint density at radius 1 is 1.20 bits per heavy atom. The molecule has 0 saturated heterocycles. The molecule has 1 unspecified atom stereocenters. The minimum atomic E-state index is 0.106. The Bertz CT molecular complexity index is 612. The number of benzene rings is 2. The lowest BCUT2D eigenvalue weighted by Crippen LogP contribution is -2.11. The zero-order valence-corrected chi connectivity index (χ0v) is 13.5. The van der Waals surface area contributed by atoms with Gasteiger partial charge >= 0.3 is 0 Å². The molecule has 0 aliphatic carbocycles. The molecule has 0 spiro atoms. The molecule has 0 amide bonds. The molecule has 0 fully saturated rings. The molecule has 20 heavy (non-hydrogen) atoms. The maximum Gasteiger partial charge on any atom is 0.122 e. The van der Waals surface area contributed by atoms with Crippen LogP contribution in [0.5, 0.6) is 5.75 Å². The summed E-state index contributed by atoms with van der Waals surface area (Å²) in [6.45, 7) is 0.820. The van der Waals surface area contributed by atoms with Crippen LogP contribution in [0.1, 0.15) is 29.2 Å².